The zero-order chi connectivity index (χ0) is 32.9. The average molecular weight is 647 g/mol. The van der Waals surface area contributed by atoms with Crippen LogP contribution in [0.15, 0.2) is 48.0 Å². The average Bonchev–Trinajstić information content (AvgIpc) is 3.40. The lowest BCUT2D eigenvalue weighted by atomic mass is 9.80. The van der Waals surface area contributed by atoms with Gasteiger partial charge in [0.15, 0.2) is 0 Å². The smallest absolute Gasteiger partial charge is 0.237 e. The highest BCUT2D eigenvalue weighted by atomic mass is 32.2. The van der Waals surface area contributed by atoms with Gasteiger partial charge in [-0.1, -0.05) is 24.8 Å². The molecule has 0 unspecified atom stereocenters. The van der Waals surface area contributed by atoms with Crippen LogP contribution in [0.2, 0.25) is 0 Å². The molecule has 0 aliphatic heterocycles. The first-order chi connectivity index (χ1) is 21.4. The van der Waals surface area contributed by atoms with Gasteiger partial charge in [-0.05, 0) is 63.2 Å². The maximum Gasteiger partial charge on any atom is 0.237 e. The summed E-state index contributed by atoms with van der Waals surface area (Å²) in [5, 5.41) is 8.20. The number of hydrogen-bond acceptors (Lipinski definition) is 6. The van der Waals surface area contributed by atoms with Crippen LogP contribution in [-0.4, -0.2) is 57.4 Å². The first-order valence-corrected chi connectivity index (χ1v) is 16.5. The predicted molar refractivity (Wildman–Crippen MR) is 172 cm³/mol. The van der Waals surface area contributed by atoms with Crippen molar-refractivity contribution >= 4 is 27.1 Å². The third-order valence-corrected chi connectivity index (χ3v) is 9.26. The molecule has 4 N–H and O–H groups in total. The number of nitrogens with one attached hydrogen (secondary N) is 2. The predicted octanol–water partition coefficient (Wildman–Crippen LogP) is 5.63. The molecule has 0 amide bonds. The number of methoxy groups -OCH3 is 1. The summed E-state index contributed by atoms with van der Waals surface area (Å²) in [6, 6.07) is 7.14. The number of aromatic nitrogens is 2. The highest BCUT2D eigenvalue weighted by molar-refractivity contribution is 7.91. The van der Waals surface area contributed by atoms with E-state index in [1.165, 1.54) is 25.2 Å². The van der Waals surface area contributed by atoms with Crippen LogP contribution in [0.4, 0.5) is 18.9 Å². The van der Waals surface area contributed by atoms with Crippen molar-refractivity contribution in [1.29, 1.82) is 0 Å². The summed E-state index contributed by atoms with van der Waals surface area (Å²) in [5.74, 6) is -3.26. The molecule has 13 heteroatoms. The number of allylic oxidation sites excluding steroid dienone is 1. The van der Waals surface area contributed by atoms with Crippen LogP contribution in [0.1, 0.15) is 62.4 Å². The summed E-state index contributed by atoms with van der Waals surface area (Å²) >= 11 is 0. The van der Waals surface area contributed by atoms with E-state index in [9.17, 15) is 12.8 Å². The number of hydrogen-bond donors (Lipinski definition) is 3. The lowest BCUT2D eigenvalue weighted by Crippen LogP contribution is -2.35. The third-order valence-electron chi connectivity index (χ3n) is 8.04. The first-order valence-electron chi connectivity index (χ1n) is 14.9. The molecule has 45 heavy (non-hydrogen) atoms. The molecule has 1 aromatic heterocycles. The molecule has 1 aliphatic carbocycles. The number of nitrogens with zero attached hydrogens (tertiary/aromatic N) is 3. The van der Waals surface area contributed by atoms with Crippen LogP contribution in [0.5, 0.6) is 0 Å². The summed E-state index contributed by atoms with van der Waals surface area (Å²) in [4.78, 5) is 4.16. The summed E-state index contributed by atoms with van der Waals surface area (Å²) in [5.41, 5.74) is 7.24. The summed E-state index contributed by atoms with van der Waals surface area (Å²) in [6.07, 6.45) is 3.62. The van der Waals surface area contributed by atoms with E-state index in [2.05, 4.69) is 22.0 Å². The Balaban J connectivity index is 1.68. The minimum absolute atomic E-state index is 0.0648. The fraction of sp³-hybridized carbons (Fsp3) is 0.438. The lowest BCUT2D eigenvalue weighted by Gasteiger charge is -2.31. The second-order valence-corrected chi connectivity index (χ2v) is 13.2. The Bertz CT molecular complexity index is 1660. The van der Waals surface area contributed by atoms with Gasteiger partial charge in [0.25, 0.3) is 0 Å². The zero-order valence-corrected chi connectivity index (χ0v) is 26.9. The van der Waals surface area contributed by atoms with E-state index in [1.807, 2.05) is 18.6 Å². The Morgan fingerprint density at radius 1 is 1.13 bits per heavy atom. The molecule has 0 saturated heterocycles. The van der Waals surface area contributed by atoms with Crippen molar-refractivity contribution in [2.75, 3.05) is 32.0 Å². The second-order valence-electron chi connectivity index (χ2n) is 11.5. The molecule has 0 atom stereocenters. The number of ether oxygens (including phenoxy) is 1. The second kappa shape index (κ2) is 14.6. The quantitative estimate of drug-likeness (QED) is 0.126. The van der Waals surface area contributed by atoms with E-state index in [4.69, 9.17) is 10.5 Å². The van der Waals surface area contributed by atoms with Gasteiger partial charge >= 0.3 is 0 Å². The van der Waals surface area contributed by atoms with Crippen molar-refractivity contribution in [3.05, 3.63) is 77.2 Å². The molecular weight excluding hydrogens is 605 g/mol. The van der Waals surface area contributed by atoms with E-state index in [1.54, 1.807) is 11.8 Å². The van der Waals surface area contributed by atoms with Crippen LogP contribution < -0.4 is 15.8 Å². The zero-order valence-electron chi connectivity index (χ0n) is 26.0. The van der Waals surface area contributed by atoms with Gasteiger partial charge in [0, 0.05) is 50.0 Å². The van der Waals surface area contributed by atoms with Crippen molar-refractivity contribution in [3.63, 3.8) is 0 Å². The van der Waals surface area contributed by atoms with Gasteiger partial charge in [-0.25, -0.2) is 21.6 Å². The molecule has 1 saturated carbocycles. The van der Waals surface area contributed by atoms with E-state index in [0.29, 0.717) is 23.9 Å². The van der Waals surface area contributed by atoms with Crippen molar-refractivity contribution in [1.82, 2.24) is 15.1 Å². The maximum absolute atomic E-state index is 15.8. The molecule has 0 bridgehead atoms. The molecule has 0 radical (unpaired) electrons. The molecule has 1 heterocycles. The van der Waals surface area contributed by atoms with Crippen LogP contribution in [0.25, 0.3) is 16.8 Å². The minimum atomic E-state index is -4.28. The maximum atomic E-state index is 15.8. The van der Waals surface area contributed by atoms with Crippen LogP contribution in [-0.2, 0) is 20.5 Å². The molecule has 1 fully saturated rings. The van der Waals surface area contributed by atoms with Crippen molar-refractivity contribution in [2.24, 2.45) is 16.6 Å². The number of benzene rings is 2. The number of amidine groups is 1. The number of anilines is 1. The van der Waals surface area contributed by atoms with Gasteiger partial charge in [-0.15, -0.1) is 0 Å². The molecule has 2 aromatic carbocycles. The summed E-state index contributed by atoms with van der Waals surface area (Å²) in [6.45, 7) is 9.67. The SMILES string of the molecule is C=C(c1c(/C(N)=N\C)c(-c2cc(F)c(NS(=O)(=O)Cc3ccccc3F)cc2F)nn1C(C)C)[C@H]1CC[C@H](NCCOC)CC1. The highest BCUT2D eigenvalue weighted by Gasteiger charge is 2.32. The van der Waals surface area contributed by atoms with Crippen molar-refractivity contribution in [2.45, 2.75) is 57.4 Å². The number of halogens is 3. The van der Waals surface area contributed by atoms with Crippen LogP contribution >= 0.6 is 0 Å². The molecule has 244 valence electrons. The Hall–Kier alpha value is -3.68. The van der Waals surface area contributed by atoms with Crippen molar-refractivity contribution in [3.8, 4) is 11.3 Å². The van der Waals surface area contributed by atoms with Gasteiger partial charge in [-0.2, -0.15) is 5.10 Å². The van der Waals surface area contributed by atoms with E-state index in [0.717, 1.165) is 56.0 Å². The van der Waals surface area contributed by atoms with Crippen molar-refractivity contribution < 1.29 is 26.3 Å². The number of nitrogens with two attached hydrogens (primary N) is 1. The lowest BCUT2D eigenvalue weighted by molar-refractivity contribution is 0.190. The highest BCUT2D eigenvalue weighted by Crippen LogP contribution is 2.40. The van der Waals surface area contributed by atoms with Crippen LogP contribution in [0.3, 0.4) is 0 Å². The van der Waals surface area contributed by atoms with Gasteiger partial charge in [-0.3, -0.25) is 14.4 Å². The Kier molecular flexibility index (Phi) is 11.1. The fourth-order valence-corrected chi connectivity index (χ4v) is 6.90. The largest absolute Gasteiger partial charge is 0.383 e. The monoisotopic (exact) mass is 646 g/mol. The van der Waals surface area contributed by atoms with Gasteiger partial charge < -0.3 is 15.8 Å². The molecule has 1 aliphatic rings. The number of rotatable bonds is 13. The van der Waals surface area contributed by atoms with E-state index < -0.39 is 38.9 Å². The fourth-order valence-electron chi connectivity index (χ4n) is 5.69. The normalized spacial score (nSPS) is 17.6. The van der Waals surface area contributed by atoms with Gasteiger partial charge in [0.2, 0.25) is 10.0 Å². The van der Waals surface area contributed by atoms with Crippen LogP contribution in [0, 0.1) is 23.4 Å². The summed E-state index contributed by atoms with van der Waals surface area (Å²) < 4.78 is 79.6. The Labute approximate surface area is 262 Å². The Morgan fingerprint density at radius 2 is 1.82 bits per heavy atom. The third kappa shape index (κ3) is 7.95. The minimum Gasteiger partial charge on any atom is -0.383 e. The topological polar surface area (TPSA) is 124 Å². The first kappa shape index (κ1) is 34.2. The van der Waals surface area contributed by atoms with E-state index >= 15 is 8.78 Å². The molecular formula is C32H41F3N6O3S. The van der Waals surface area contributed by atoms with E-state index in [-0.39, 0.29) is 34.6 Å². The standard InChI is InChI=1S/C32H41F3N6O3S/c1-19(2)41-31(20(3)21-10-12-23(13-11-21)38-14-15-44-5)29(32(36)37-4)30(39-41)24-16-27(35)28(17-26(24)34)40-45(42,43)18-22-8-6-7-9-25(22)33/h6-9,16-17,19,21,23,38,40H,3,10-15,18H2,1-2,4-5H3,(H2,36,37)/t21-,23-. The number of aliphatic imine (C=N–C) groups is 1. The molecule has 3 aromatic rings. The van der Waals surface area contributed by atoms with Gasteiger partial charge in [0.1, 0.15) is 29.0 Å². The Morgan fingerprint density at radius 3 is 2.44 bits per heavy atom. The molecule has 4 rings (SSSR count). The molecule has 9 nitrogen and oxygen atoms in total. The molecule has 0 spiro atoms. The summed E-state index contributed by atoms with van der Waals surface area (Å²) in [7, 11) is -1.11. The van der Waals surface area contributed by atoms with Gasteiger partial charge in [0.05, 0.1) is 29.3 Å². The number of sulfonamides is 1.